The summed E-state index contributed by atoms with van der Waals surface area (Å²) in [5, 5.41) is 3.83. The number of ether oxygens (including phenoxy) is 1. The lowest BCUT2D eigenvalue weighted by Gasteiger charge is -2.36. The maximum atomic E-state index is 14.3. The van der Waals surface area contributed by atoms with Gasteiger partial charge in [-0.2, -0.15) is 0 Å². The minimum absolute atomic E-state index is 0.187. The lowest BCUT2D eigenvalue weighted by Crippen LogP contribution is -2.44. The Morgan fingerprint density at radius 2 is 1.68 bits per heavy atom. The second-order valence-corrected chi connectivity index (χ2v) is 10.9. The molecule has 1 saturated heterocycles. The summed E-state index contributed by atoms with van der Waals surface area (Å²) in [5.74, 6) is -0.504. The predicted molar refractivity (Wildman–Crippen MR) is 164 cm³/mol. The molecule has 0 spiro atoms. The fourth-order valence-electron chi connectivity index (χ4n) is 6.40. The molecule has 0 bridgehead atoms. The zero-order valence-corrected chi connectivity index (χ0v) is 23.9. The number of carbonyl (C=O) groups is 3. The van der Waals surface area contributed by atoms with Crippen molar-refractivity contribution in [3.63, 3.8) is 0 Å². The fourth-order valence-corrected chi connectivity index (χ4v) is 6.40. The van der Waals surface area contributed by atoms with Gasteiger partial charge in [-0.15, -0.1) is 0 Å². The highest BCUT2D eigenvalue weighted by Gasteiger charge is 2.53. The van der Waals surface area contributed by atoms with Crippen LogP contribution in [0.4, 0.5) is 14.9 Å². The summed E-state index contributed by atoms with van der Waals surface area (Å²) < 4.78 is 19.4. The maximum absolute atomic E-state index is 14.3. The van der Waals surface area contributed by atoms with Crippen molar-refractivity contribution in [1.82, 2.24) is 15.2 Å². The normalized spacial score (nSPS) is 17.5. The van der Waals surface area contributed by atoms with E-state index in [4.69, 9.17) is 4.74 Å². The molecule has 1 fully saturated rings. The monoisotopic (exact) mass is 588 g/mol. The van der Waals surface area contributed by atoms with Gasteiger partial charge in [-0.05, 0) is 59.5 Å². The van der Waals surface area contributed by atoms with Crippen molar-refractivity contribution < 1.29 is 23.5 Å². The number of urea groups is 1. The number of benzene rings is 4. The highest BCUT2D eigenvalue weighted by atomic mass is 19.1. The van der Waals surface area contributed by atoms with E-state index >= 15 is 0 Å². The number of para-hydroxylation sites is 2. The van der Waals surface area contributed by atoms with Gasteiger partial charge < -0.3 is 15.0 Å². The van der Waals surface area contributed by atoms with Gasteiger partial charge >= 0.3 is 6.03 Å². The van der Waals surface area contributed by atoms with E-state index in [1.807, 2.05) is 48.5 Å². The lowest BCUT2D eigenvalue weighted by atomic mass is 9.89. The minimum Gasteiger partial charge on any atom is -0.497 e. The smallest absolute Gasteiger partial charge is 0.332 e. The quantitative estimate of drug-likeness (QED) is 0.236. The molecule has 7 rings (SSSR count). The Morgan fingerprint density at radius 1 is 0.955 bits per heavy atom. The number of nitrogens with one attached hydrogen (secondary N) is 2. The van der Waals surface area contributed by atoms with Gasteiger partial charge in [0.05, 0.1) is 18.4 Å². The number of methoxy groups -OCH3 is 1. The summed E-state index contributed by atoms with van der Waals surface area (Å²) in [6.07, 6.45) is 0.636. The molecule has 4 aromatic carbocycles. The molecule has 0 saturated carbocycles. The first-order valence-corrected chi connectivity index (χ1v) is 14.5. The first-order chi connectivity index (χ1) is 21.5. The second kappa shape index (κ2) is 11.0. The van der Waals surface area contributed by atoms with Gasteiger partial charge in [0, 0.05) is 29.6 Å². The van der Waals surface area contributed by atoms with E-state index in [0.29, 0.717) is 24.2 Å². The van der Waals surface area contributed by atoms with Crippen LogP contribution in [-0.2, 0) is 17.6 Å². The van der Waals surface area contributed by atoms with Crippen molar-refractivity contribution in [3.05, 3.63) is 131 Å². The van der Waals surface area contributed by atoms with Crippen molar-refractivity contribution in [3.8, 4) is 5.75 Å². The Kier molecular flexibility index (Phi) is 6.85. The highest BCUT2D eigenvalue weighted by molar-refractivity contribution is 6.24. The highest BCUT2D eigenvalue weighted by Crippen LogP contribution is 2.45. The molecule has 0 radical (unpaired) electrons. The Balaban J connectivity index is 1.24. The molecule has 3 heterocycles. The number of rotatable bonds is 7. The molecule has 1 aromatic heterocycles. The third-order valence-corrected chi connectivity index (χ3v) is 8.51. The van der Waals surface area contributed by atoms with Crippen LogP contribution < -0.4 is 15.0 Å². The fraction of sp³-hybridized carbons (Fsp3) is 0.171. The Morgan fingerprint density at radius 3 is 2.48 bits per heavy atom. The first kappa shape index (κ1) is 27.4. The van der Waals surface area contributed by atoms with Gasteiger partial charge in [-0.1, -0.05) is 60.7 Å². The molecule has 2 atom stereocenters. The van der Waals surface area contributed by atoms with Gasteiger partial charge in [0.2, 0.25) is 0 Å². The molecule has 0 aliphatic carbocycles. The van der Waals surface area contributed by atoms with Gasteiger partial charge in [-0.25, -0.2) is 14.1 Å². The number of aromatic nitrogens is 1. The third kappa shape index (κ3) is 4.48. The van der Waals surface area contributed by atoms with E-state index in [0.717, 1.165) is 32.6 Å². The Bertz CT molecular complexity index is 1920. The van der Waals surface area contributed by atoms with E-state index in [1.165, 1.54) is 6.07 Å². The van der Waals surface area contributed by atoms with Gasteiger partial charge in [0.25, 0.3) is 11.8 Å². The van der Waals surface area contributed by atoms with Crippen molar-refractivity contribution in [2.24, 2.45) is 0 Å². The van der Waals surface area contributed by atoms with Crippen LogP contribution in [0.5, 0.6) is 5.75 Å². The van der Waals surface area contributed by atoms with E-state index in [1.54, 1.807) is 54.5 Å². The SMILES string of the molecule is COc1ccc([C@@H]2c3[nH]c4ccccc4c3C[C@H]3C(=O)N(c4ccccc4C(=O)NCCc4ccccc4F)C(=O)N23)cc1. The van der Waals surface area contributed by atoms with Crippen LogP contribution in [0.25, 0.3) is 10.9 Å². The van der Waals surface area contributed by atoms with Crippen LogP contribution >= 0.6 is 0 Å². The molecule has 220 valence electrons. The number of hydrogen-bond donors (Lipinski definition) is 2. The van der Waals surface area contributed by atoms with Crippen LogP contribution in [0.1, 0.15) is 38.8 Å². The lowest BCUT2D eigenvalue weighted by molar-refractivity contribution is -0.120. The van der Waals surface area contributed by atoms with Crippen LogP contribution in [0.2, 0.25) is 0 Å². The van der Waals surface area contributed by atoms with Crippen LogP contribution in [0.3, 0.4) is 0 Å². The number of H-pyrrole nitrogens is 1. The molecule has 0 unspecified atom stereocenters. The molecule has 4 amide bonds. The van der Waals surface area contributed by atoms with E-state index in [2.05, 4.69) is 10.3 Å². The van der Waals surface area contributed by atoms with Crippen LogP contribution in [-0.4, -0.2) is 47.4 Å². The molecule has 9 heteroatoms. The molecule has 44 heavy (non-hydrogen) atoms. The number of amides is 4. The summed E-state index contributed by atoms with van der Waals surface area (Å²) in [5.41, 5.74) is 4.49. The maximum Gasteiger partial charge on any atom is 0.332 e. The van der Waals surface area contributed by atoms with Crippen LogP contribution in [0, 0.1) is 5.82 Å². The summed E-state index contributed by atoms with van der Waals surface area (Å²) in [6, 6.07) is 26.5. The Labute approximate surface area is 253 Å². The van der Waals surface area contributed by atoms with Crippen molar-refractivity contribution in [1.29, 1.82) is 0 Å². The number of carbonyl (C=O) groups excluding carboxylic acids is 3. The number of imide groups is 1. The van der Waals surface area contributed by atoms with Gasteiger partial charge in [0.15, 0.2) is 0 Å². The summed E-state index contributed by atoms with van der Waals surface area (Å²) >= 11 is 0. The molecule has 2 aliphatic heterocycles. The standard InChI is InChI=1S/C35H29FN4O4/c1-44-23-16-14-22(15-17-23)32-31-26(24-9-3-6-12-28(24)38-31)20-30-34(42)40(35(43)39(30)32)29-13-7-4-10-25(29)33(41)37-19-18-21-8-2-5-11-27(21)36/h2-17,30,32,38H,18-20H2,1H3,(H,37,41)/t30-,32+/m0/s1. The molecule has 2 N–H and O–H groups in total. The number of fused-ring (bicyclic) bond motifs is 4. The van der Waals surface area contributed by atoms with Gasteiger partial charge in [-0.3, -0.25) is 14.5 Å². The third-order valence-electron chi connectivity index (χ3n) is 8.51. The zero-order valence-electron chi connectivity index (χ0n) is 23.9. The molecule has 2 aliphatic rings. The number of anilines is 1. The number of nitrogens with zero attached hydrogens (tertiary/aromatic N) is 2. The average molecular weight is 589 g/mol. The molecule has 8 nitrogen and oxygen atoms in total. The van der Waals surface area contributed by atoms with Crippen molar-refractivity contribution in [2.45, 2.75) is 24.9 Å². The second-order valence-electron chi connectivity index (χ2n) is 10.9. The van der Waals surface area contributed by atoms with E-state index < -0.39 is 29.9 Å². The molecule has 5 aromatic rings. The molecular formula is C35H29FN4O4. The Hall–Kier alpha value is -5.44. The van der Waals surface area contributed by atoms with E-state index in [9.17, 15) is 18.8 Å². The number of halogens is 1. The van der Waals surface area contributed by atoms with Crippen molar-refractivity contribution in [2.75, 3.05) is 18.6 Å². The largest absolute Gasteiger partial charge is 0.497 e. The van der Waals surface area contributed by atoms with Crippen LogP contribution in [0.15, 0.2) is 97.1 Å². The summed E-state index contributed by atoms with van der Waals surface area (Å²) in [6.45, 7) is 0.187. The minimum atomic E-state index is -0.765. The first-order valence-electron chi connectivity index (χ1n) is 14.5. The summed E-state index contributed by atoms with van der Waals surface area (Å²) in [7, 11) is 1.59. The zero-order chi connectivity index (χ0) is 30.4. The van der Waals surface area contributed by atoms with Gasteiger partial charge in [0.1, 0.15) is 23.7 Å². The summed E-state index contributed by atoms with van der Waals surface area (Å²) in [4.78, 5) is 48.1. The van der Waals surface area contributed by atoms with Crippen molar-refractivity contribution >= 4 is 34.4 Å². The molecular weight excluding hydrogens is 559 g/mol. The number of aromatic amines is 1. The van der Waals surface area contributed by atoms with E-state index in [-0.39, 0.29) is 23.6 Å². The predicted octanol–water partition coefficient (Wildman–Crippen LogP) is 5.77. The number of hydrogen-bond acceptors (Lipinski definition) is 4. The average Bonchev–Trinajstić information content (AvgIpc) is 3.54. The topological polar surface area (TPSA) is 94.7 Å².